The average molecular weight is 551 g/mol. The molecule has 11 heteroatoms. The molecule has 2 aromatic rings. The first kappa shape index (κ1) is 30.7. The summed E-state index contributed by atoms with van der Waals surface area (Å²) in [7, 11) is 1.39. The Morgan fingerprint density at radius 3 is 2.21 bits per heavy atom. The van der Waals surface area contributed by atoms with Crippen molar-refractivity contribution in [2.24, 2.45) is 11.8 Å². The van der Waals surface area contributed by atoms with Crippen LogP contribution in [0.2, 0.25) is 5.02 Å². The van der Waals surface area contributed by atoms with Crippen molar-refractivity contribution in [1.29, 1.82) is 0 Å². The third-order valence-electron chi connectivity index (χ3n) is 5.39. The van der Waals surface area contributed by atoms with Crippen LogP contribution in [-0.2, 0) is 19.1 Å². The van der Waals surface area contributed by atoms with Gasteiger partial charge in [0.2, 0.25) is 6.79 Å². The minimum absolute atomic E-state index is 0.0175. The predicted molar refractivity (Wildman–Crippen MR) is 140 cm³/mol. The number of ether oxygens (including phenoxy) is 5. The van der Waals surface area contributed by atoms with E-state index in [0.717, 1.165) is 0 Å². The van der Waals surface area contributed by atoms with Gasteiger partial charge >= 0.3 is 11.9 Å². The molecule has 0 spiro atoms. The van der Waals surface area contributed by atoms with Crippen LogP contribution >= 0.6 is 11.6 Å². The fourth-order valence-corrected chi connectivity index (χ4v) is 3.45. The minimum Gasteiger partial charge on any atom is -0.493 e. The van der Waals surface area contributed by atoms with Gasteiger partial charge in [-0.15, -0.1) is 0 Å². The van der Waals surface area contributed by atoms with E-state index in [1.165, 1.54) is 26.3 Å². The number of nitrogens with zero attached hydrogens (tertiary/aromatic N) is 1. The molecule has 0 bridgehead atoms. The first-order valence-corrected chi connectivity index (χ1v) is 12.6. The smallest absolute Gasteiger partial charge is 0.328 e. The van der Waals surface area contributed by atoms with Crippen molar-refractivity contribution < 1.29 is 38.1 Å². The van der Waals surface area contributed by atoms with E-state index in [9.17, 15) is 14.4 Å². The molecule has 2 rings (SSSR count). The summed E-state index contributed by atoms with van der Waals surface area (Å²) in [5.41, 5.74) is -0.149. The number of halogens is 1. The van der Waals surface area contributed by atoms with Crippen LogP contribution in [0.25, 0.3) is 0 Å². The van der Waals surface area contributed by atoms with Crippen LogP contribution in [0.4, 0.5) is 0 Å². The molecule has 0 aliphatic rings. The van der Waals surface area contributed by atoms with E-state index in [2.05, 4.69) is 10.3 Å². The van der Waals surface area contributed by atoms with Gasteiger partial charge in [-0.05, 0) is 44.0 Å². The normalized spacial score (nSPS) is 13.3. The van der Waals surface area contributed by atoms with Gasteiger partial charge in [-0.1, -0.05) is 39.3 Å². The second-order valence-electron chi connectivity index (χ2n) is 9.19. The molecule has 1 heterocycles. The lowest BCUT2D eigenvalue weighted by Crippen LogP contribution is -2.44. The molecule has 3 atom stereocenters. The maximum Gasteiger partial charge on any atom is 0.328 e. The Bertz CT molecular complexity index is 1090. The first-order valence-electron chi connectivity index (χ1n) is 12.2. The van der Waals surface area contributed by atoms with Gasteiger partial charge in [0, 0.05) is 17.3 Å². The van der Waals surface area contributed by atoms with Gasteiger partial charge in [0.25, 0.3) is 5.91 Å². The van der Waals surface area contributed by atoms with Crippen LogP contribution in [0.1, 0.15) is 52.0 Å². The maximum absolute atomic E-state index is 13.0. The number of nitrogens with one attached hydrogen (secondary N) is 1. The topological polar surface area (TPSA) is 122 Å². The van der Waals surface area contributed by atoms with Crippen molar-refractivity contribution in [3.05, 3.63) is 47.2 Å². The zero-order chi connectivity index (χ0) is 28.4. The van der Waals surface area contributed by atoms with Gasteiger partial charge < -0.3 is 29.0 Å². The Hall–Kier alpha value is -3.53. The first-order chi connectivity index (χ1) is 17.9. The molecule has 38 heavy (non-hydrogen) atoms. The van der Waals surface area contributed by atoms with E-state index in [-0.39, 0.29) is 29.0 Å². The van der Waals surface area contributed by atoms with Crippen molar-refractivity contribution in [3.8, 4) is 17.2 Å². The van der Waals surface area contributed by atoms with Crippen LogP contribution in [0.3, 0.4) is 0 Å². The molecule has 1 aromatic heterocycles. The van der Waals surface area contributed by atoms with Gasteiger partial charge in [0.15, 0.2) is 17.2 Å². The Morgan fingerprint density at radius 1 is 0.974 bits per heavy atom. The lowest BCUT2D eigenvalue weighted by molar-refractivity contribution is -0.156. The van der Waals surface area contributed by atoms with Crippen LogP contribution in [-0.4, -0.2) is 55.0 Å². The van der Waals surface area contributed by atoms with E-state index >= 15 is 0 Å². The number of pyridine rings is 1. The maximum atomic E-state index is 13.0. The van der Waals surface area contributed by atoms with Crippen molar-refractivity contribution >= 4 is 29.4 Å². The summed E-state index contributed by atoms with van der Waals surface area (Å²) in [5.74, 6) is -1.40. The van der Waals surface area contributed by atoms with Gasteiger partial charge in [-0.25, -0.2) is 9.78 Å². The molecule has 0 aliphatic carbocycles. The molecular formula is C27H35ClN2O8. The summed E-state index contributed by atoms with van der Waals surface area (Å²) in [5, 5.41) is 3.14. The molecule has 1 aromatic carbocycles. The number of methoxy groups -OCH3 is 1. The van der Waals surface area contributed by atoms with Crippen molar-refractivity contribution in [2.45, 2.75) is 59.8 Å². The minimum atomic E-state index is -1.02. The molecule has 0 unspecified atom stereocenters. The average Bonchev–Trinajstić information content (AvgIpc) is 2.87. The molecule has 0 saturated carbocycles. The van der Waals surface area contributed by atoms with Crippen LogP contribution < -0.4 is 19.5 Å². The highest BCUT2D eigenvalue weighted by Crippen LogP contribution is 2.29. The van der Waals surface area contributed by atoms with Crippen molar-refractivity contribution in [2.75, 3.05) is 13.9 Å². The third-order valence-corrected chi connectivity index (χ3v) is 5.64. The van der Waals surface area contributed by atoms with Crippen LogP contribution in [0.5, 0.6) is 17.2 Å². The molecule has 208 valence electrons. The van der Waals surface area contributed by atoms with E-state index in [0.29, 0.717) is 10.8 Å². The van der Waals surface area contributed by atoms with Crippen LogP contribution in [0, 0.1) is 11.8 Å². The number of carbonyl (C=O) groups excluding carboxylic acids is 3. The van der Waals surface area contributed by atoms with Gasteiger partial charge in [0.1, 0.15) is 24.0 Å². The Kier molecular flexibility index (Phi) is 11.6. The third kappa shape index (κ3) is 8.79. The largest absolute Gasteiger partial charge is 0.493 e. The lowest BCUT2D eigenvalue weighted by Gasteiger charge is -2.29. The number of hydrogen-bond acceptors (Lipinski definition) is 9. The summed E-state index contributed by atoms with van der Waals surface area (Å²) < 4.78 is 27.4. The van der Waals surface area contributed by atoms with E-state index in [1.807, 2.05) is 13.8 Å². The monoisotopic (exact) mass is 550 g/mol. The van der Waals surface area contributed by atoms with Crippen molar-refractivity contribution in [1.82, 2.24) is 10.3 Å². The molecule has 1 N–H and O–H groups in total. The lowest BCUT2D eigenvalue weighted by atomic mass is 10.0. The zero-order valence-electron chi connectivity index (χ0n) is 22.6. The molecule has 0 saturated heterocycles. The molecule has 0 aliphatic heterocycles. The second-order valence-corrected chi connectivity index (χ2v) is 9.63. The van der Waals surface area contributed by atoms with E-state index in [4.69, 9.17) is 35.3 Å². The Morgan fingerprint density at radius 2 is 1.63 bits per heavy atom. The predicted octanol–water partition coefficient (Wildman–Crippen LogP) is 4.43. The SMILES string of the molecule is COc1ccnc(C(=O)N[C@@H](C)C(=O)O[C@@H](C)[C@H](Oc2ccc(Cl)cc2)C(C)C)c1OCOC(=O)C(C)C. The highest BCUT2D eigenvalue weighted by atomic mass is 35.5. The number of rotatable bonds is 13. The number of benzene rings is 1. The second kappa shape index (κ2) is 14.4. The summed E-state index contributed by atoms with van der Waals surface area (Å²) in [6.07, 6.45) is 0.284. The Labute approximate surface area is 227 Å². The molecule has 10 nitrogen and oxygen atoms in total. The standard InChI is InChI=1S/C27H35ClN2O8/c1-15(2)23(38-20-10-8-19(28)9-11-20)18(6)37-27(33)17(5)30-25(31)22-24(21(34-7)12-13-29-22)35-14-36-26(32)16(3)4/h8-13,15-18,23H,14H2,1-7H3,(H,30,31)/t17-,18-,23+/m0/s1. The summed E-state index contributed by atoms with van der Waals surface area (Å²) in [4.78, 5) is 41.6. The fourth-order valence-electron chi connectivity index (χ4n) is 3.33. The number of hydrogen-bond donors (Lipinski definition) is 1. The van der Waals surface area contributed by atoms with Gasteiger partial charge in [0.05, 0.1) is 13.0 Å². The number of aromatic nitrogens is 1. The number of amides is 1. The summed E-state index contributed by atoms with van der Waals surface area (Å²) in [6, 6.07) is 7.36. The Balaban J connectivity index is 2.06. The summed E-state index contributed by atoms with van der Waals surface area (Å²) >= 11 is 5.94. The number of carbonyl (C=O) groups is 3. The van der Waals surface area contributed by atoms with Gasteiger partial charge in [-0.3, -0.25) is 9.59 Å². The van der Waals surface area contributed by atoms with E-state index < -0.39 is 42.9 Å². The van der Waals surface area contributed by atoms with Gasteiger partial charge in [-0.2, -0.15) is 0 Å². The highest BCUT2D eigenvalue weighted by Gasteiger charge is 2.30. The molecule has 0 radical (unpaired) electrons. The van der Waals surface area contributed by atoms with E-state index in [1.54, 1.807) is 45.0 Å². The van der Waals surface area contributed by atoms with Crippen LogP contribution in [0.15, 0.2) is 36.5 Å². The quantitative estimate of drug-likeness (QED) is 0.285. The molecule has 1 amide bonds. The molecule has 0 fully saturated rings. The molecular weight excluding hydrogens is 516 g/mol. The number of esters is 2. The van der Waals surface area contributed by atoms with Crippen molar-refractivity contribution in [3.63, 3.8) is 0 Å². The highest BCUT2D eigenvalue weighted by molar-refractivity contribution is 6.30. The zero-order valence-corrected chi connectivity index (χ0v) is 23.4. The summed E-state index contributed by atoms with van der Waals surface area (Å²) in [6.45, 7) is 10.0. The fraction of sp³-hybridized carbons (Fsp3) is 0.481.